The summed E-state index contributed by atoms with van der Waals surface area (Å²) in [4.78, 5) is 2.53. The van der Waals surface area contributed by atoms with Crippen molar-refractivity contribution in [3.05, 3.63) is 89.7 Å². The van der Waals surface area contributed by atoms with Gasteiger partial charge in [0.15, 0.2) is 0 Å². The van der Waals surface area contributed by atoms with Gasteiger partial charge < -0.3 is 0 Å². The molecule has 1 aliphatic rings. The molecule has 0 saturated carbocycles. The third kappa shape index (κ3) is 2.80. The van der Waals surface area contributed by atoms with Crippen molar-refractivity contribution in [2.45, 2.75) is 19.0 Å². The number of benzene rings is 2. The molecule has 116 valence electrons. The zero-order chi connectivity index (χ0) is 15.6. The Kier molecular flexibility index (Phi) is 3.72. The van der Waals surface area contributed by atoms with E-state index in [2.05, 4.69) is 88.5 Å². The van der Waals surface area contributed by atoms with Gasteiger partial charge in [-0.1, -0.05) is 60.7 Å². The molecule has 0 amide bonds. The number of hydrogen-bond acceptors (Lipinski definition) is 2. The minimum atomic E-state index is 0.324. The number of rotatable bonds is 4. The second-order valence-electron chi connectivity index (χ2n) is 6.33. The Hall–Kier alpha value is -2.39. The third-order valence-electron chi connectivity index (χ3n) is 4.59. The van der Waals surface area contributed by atoms with Crippen LogP contribution >= 0.6 is 0 Å². The summed E-state index contributed by atoms with van der Waals surface area (Å²) in [6, 6.07) is 22.4. The predicted molar refractivity (Wildman–Crippen MR) is 92.3 cm³/mol. The van der Waals surface area contributed by atoms with Gasteiger partial charge in [0.05, 0.1) is 18.3 Å². The molecule has 0 N–H and O–H groups in total. The van der Waals surface area contributed by atoms with Gasteiger partial charge in [-0.3, -0.25) is 9.58 Å². The van der Waals surface area contributed by atoms with Gasteiger partial charge in [-0.2, -0.15) is 5.10 Å². The highest BCUT2D eigenvalue weighted by Gasteiger charge is 2.35. The van der Waals surface area contributed by atoms with Crippen molar-refractivity contribution in [1.29, 1.82) is 0 Å². The molecular formula is C20H21N3. The van der Waals surface area contributed by atoms with Crippen molar-refractivity contribution < 1.29 is 0 Å². The standard InChI is InChI=1S/C20H21N3/c1-16-12-21-23(13-16)19-14-22(15-19)20(17-8-4-2-5-9-17)18-10-6-3-7-11-18/h2-13,19-20H,14-15H2,1H3. The fraction of sp³-hybridized carbons (Fsp3) is 0.250. The molecule has 0 atom stereocenters. The average Bonchev–Trinajstić information content (AvgIpc) is 2.98. The lowest BCUT2D eigenvalue weighted by Gasteiger charge is -2.44. The summed E-state index contributed by atoms with van der Waals surface area (Å²) >= 11 is 0. The lowest BCUT2D eigenvalue weighted by atomic mass is 9.93. The molecule has 1 saturated heterocycles. The quantitative estimate of drug-likeness (QED) is 0.730. The summed E-state index contributed by atoms with van der Waals surface area (Å²) in [6.45, 7) is 4.17. The Morgan fingerprint density at radius 2 is 1.48 bits per heavy atom. The number of hydrogen-bond donors (Lipinski definition) is 0. The highest BCUT2D eigenvalue weighted by Crippen LogP contribution is 2.35. The number of aryl methyl sites for hydroxylation is 1. The molecule has 0 bridgehead atoms. The third-order valence-corrected chi connectivity index (χ3v) is 4.59. The number of aromatic nitrogens is 2. The van der Waals surface area contributed by atoms with E-state index >= 15 is 0 Å². The second kappa shape index (κ2) is 6.01. The summed E-state index contributed by atoms with van der Waals surface area (Å²) in [5.41, 5.74) is 3.94. The zero-order valence-corrected chi connectivity index (χ0v) is 13.3. The van der Waals surface area contributed by atoms with Crippen LogP contribution in [0.25, 0.3) is 0 Å². The van der Waals surface area contributed by atoms with E-state index in [1.165, 1.54) is 16.7 Å². The largest absolute Gasteiger partial charge is 0.288 e. The summed E-state index contributed by atoms with van der Waals surface area (Å²) in [5, 5.41) is 4.47. The summed E-state index contributed by atoms with van der Waals surface area (Å²) in [7, 11) is 0. The van der Waals surface area contributed by atoms with Gasteiger partial charge >= 0.3 is 0 Å². The van der Waals surface area contributed by atoms with Gasteiger partial charge in [0.25, 0.3) is 0 Å². The van der Waals surface area contributed by atoms with Crippen molar-refractivity contribution >= 4 is 0 Å². The lowest BCUT2D eigenvalue weighted by molar-refractivity contribution is 0.0682. The van der Waals surface area contributed by atoms with E-state index in [0.29, 0.717) is 12.1 Å². The van der Waals surface area contributed by atoms with Gasteiger partial charge in [-0.25, -0.2) is 0 Å². The van der Waals surface area contributed by atoms with Gasteiger partial charge in [-0.15, -0.1) is 0 Å². The highest BCUT2D eigenvalue weighted by atomic mass is 15.4. The first-order valence-corrected chi connectivity index (χ1v) is 8.16. The van der Waals surface area contributed by atoms with Gasteiger partial charge in [0.2, 0.25) is 0 Å². The Labute approximate surface area is 137 Å². The minimum absolute atomic E-state index is 0.324. The van der Waals surface area contributed by atoms with E-state index in [-0.39, 0.29) is 0 Å². The maximum absolute atomic E-state index is 4.47. The Bertz CT molecular complexity index is 718. The first-order valence-electron chi connectivity index (χ1n) is 8.16. The van der Waals surface area contributed by atoms with Crippen LogP contribution in [0.2, 0.25) is 0 Å². The number of likely N-dealkylation sites (tertiary alicyclic amines) is 1. The lowest BCUT2D eigenvalue weighted by Crippen LogP contribution is -2.49. The molecule has 2 heterocycles. The van der Waals surface area contributed by atoms with Crippen LogP contribution in [0.5, 0.6) is 0 Å². The van der Waals surface area contributed by atoms with E-state index < -0.39 is 0 Å². The van der Waals surface area contributed by atoms with Gasteiger partial charge in [0, 0.05) is 19.3 Å². The SMILES string of the molecule is Cc1cnn(C2CN(C(c3ccccc3)c3ccccc3)C2)c1. The maximum atomic E-state index is 4.47. The van der Waals surface area contributed by atoms with Crippen LogP contribution in [0.4, 0.5) is 0 Å². The molecule has 0 radical (unpaired) electrons. The average molecular weight is 303 g/mol. The van der Waals surface area contributed by atoms with Crippen molar-refractivity contribution in [2.24, 2.45) is 0 Å². The highest BCUT2D eigenvalue weighted by molar-refractivity contribution is 5.32. The van der Waals surface area contributed by atoms with Crippen LogP contribution in [0, 0.1) is 6.92 Å². The normalized spacial score (nSPS) is 15.7. The fourth-order valence-electron chi connectivity index (χ4n) is 3.38. The fourth-order valence-corrected chi connectivity index (χ4v) is 3.38. The van der Waals surface area contributed by atoms with E-state index in [1.807, 2.05) is 6.20 Å². The Morgan fingerprint density at radius 1 is 0.913 bits per heavy atom. The Morgan fingerprint density at radius 3 is 1.96 bits per heavy atom. The van der Waals surface area contributed by atoms with Crippen LogP contribution in [0.15, 0.2) is 73.1 Å². The molecule has 1 aromatic heterocycles. The van der Waals surface area contributed by atoms with Crippen molar-refractivity contribution in [3.8, 4) is 0 Å². The van der Waals surface area contributed by atoms with Crippen LogP contribution < -0.4 is 0 Å². The Balaban J connectivity index is 1.58. The first-order chi connectivity index (χ1) is 11.3. The molecule has 1 fully saturated rings. The molecule has 3 nitrogen and oxygen atoms in total. The molecule has 23 heavy (non-hydrogen) atoms. The van der Waals surface area contributed by atoms with Gasteiger partial charge in [0.1, 0.15) is 0 Å². The summed E-state index contributed by atoms with van der Waals surface area (Å²) < 4.78 is 2.11. The predicted octanol–water partition coefficient (Wildman–Crippen LogP) is 3.84. The van der Waals surface area contributed by atoms with E-state index in [9.17, 15) is 0 Å². The molecule has 0 spiro atoms. The molecular weight excluding hydrogens is 282 g/mol. The van der Waals surface area contributed by atoms with Crippen LogP contribution in [-0.4, -0.2) is 27.8 Å². The van der Waals surface area contributed by atoms with E-state index in [1.54, 1.807) is 0 Å². The topological polar surface area (TPSA) is 21.1 Å². The molecule has 3 aromatic rings. The summed E-state index contributed by atoms with van der Waals surface area (Å²) in [5.74, 6) is 0. The van der Waals surface area contributed by atoms with Crippen LogP contribution in [-0.2, 0) is 0 Å². The van der Waals surface area contributed by atoms with Gasteiger partial charge in [-0.05, 0) is 23.6 Å². The molecule has 1 aliphatic heterocycles. The minimum Gasteiger partial charge on any atom is -0.288 e. The monoisotopic (exact) mass is 303 g/mol. The van der Waals surface area contributed by atoms with Crippen molar-refractivity contribution in [3.63, 3.8) is 0 Å². The smallest absolute Gasteiger partial charge is 0.0773 e. The van der Waals surface area contributed by atoms with Crippen molar-refractivity contribution in [1.82, 2.24) is 14.7 Å². The zero-order valence-electron chi connectivity index (χ0n) is 13.3. The van der Waals surface area contributed by atoms with Crippen molar-refractivity contribution in [2.75, 3.05) is 13.1 Å². The molecule has 0 unspecified atom stereocenters. The molecule has 0 aliphatic carbocycles. The second-order valence-corrected chi connectivity index (χ2v) is 6.33. The molecule has 4 rings (SSSR count). The number of nitrogens with zero attached hydrogens (tertiary/aromatic N) is 3. The maximum Gasteiger partial charge on any atom is 0.0773 e. The molecule has 2 aromatic carbocycles. The summed E-state index contributed by atoms with van der Waals surface area (Å²) in [6.07, 6.45) is 4.08. The van der Waals surface area contributed by atoms with Crippen LogP contribution in [0.1, 0.15) is 28.8 Å². The van der Waals surface area contributed by atoms with E-state index in [4.69, 9.17) is 0 Å². The van der Waals surface area contributed by atoms with E-state index in [0.717, 1.165) is 13.1 Å². The molecule has 3 heteroatoms. The first kappa shape index (κ1) is 14.2. The van der Waals surface area contributed by atoms with Crippen LogP contribution in [0.3, 0.4) is 0 Å².